The molecule has 2 rings (SSSR count). The van der Waals surface area contributed by atoms with E-state index in [-0.39, 0.29) is 24.9 Å². The molecule has 0 aliphatic carbocycles. The standard InChI is InChI=1S/C14H14N2O4/c17-12-8-16(9-13(18)15-12)7-11-4-2-1-3-10(11)5-6-14(19)20/h1-6H,7-9H2,(H,19,20)(H,15,17,18). The molecule has 0 atom stereocenters. The number of amides is 2. The second-order valence-electron chi connectivity index (χ2n) is 4.49. The first-order chi connectivity index (χ1) is 9.54. The monoisotopic (exact) mass is 274 g/mol. The summed E-state index contributed by atoms with van der Waals surface area (Å²) >= 11 is 0. The summed E-state index contributed by atoms with van der Waals surface area (Å²) in [6.07, 6.45) is 2.57. The van der Waals surface area contributed by atoms with E-state index in [1.165, 1.54) is 6.08 Å². The summed E-state index contributed by atoms with van der Waals surface area (Å²) in [5, 5.41) is 10.9. The number of carbonyl (C=O) groups excluding carboxylic acids is 2. The molecule has 1 fully saturated rings. The number of aliphatic carboxylic acids is 1. The molecule has 2 amide bonds. The summed E-state index contributed by atoms with van der Waals surface area (Å²) in [4.78, 5) is 34.9. The van der Waals surface area contributed by atoms with Gasteiger partial charge in [-0.25, -0.2) is 4.79 Å². The van der Waals surface area contributed by atoms with Gasteiger partial charge in [-0.1, -0.05) is 24.3 Å². The molecule has 1 aliphatic heterocycles. The number of imide groups is 1. The van der Waals surface area contributed by atoms with E-state index >= 15 is 0 Å². The summed E-state index contributed by atoms with van der Waals surface area (Å²) in [5.74, 6) is -1.66. The molecule has 0 aromatic heterocycles. The van der Waals surface area contributed by atoms with Crippen LogP contribution in [0.1, 0.15) is 11.1 Å². The van der Waals surface area contributed by atoms with Crippen molar-refractivity contribution in [3.8, 4) is 0 Å². The number of carbonyl (C=O) groups is 3. The number of carboxylic acids is 1. The average Bonchev–Trinajstić information content (AvgIpc) is 2.36. The Labute approximate surface area is 115 Å². The van der Waals surface area contributed by atoms with Crippen LogP contribution in [0.25, 0.3) is 6.08 Å². The largest absolute Gasteiger partial charge is 0.478 e. The Morgan fingerprint density at radius 2 is 1.90 bits per heavy atom. The van der Waals surface area contributed by atoms with Crippen molar-refractivity contribution >= 4 is 23.9 Å². The van der Waals surface area contributed by atoms with Crippen LogP contribution in [0.4, 0.5) is 0 Å². The number of piperazine rings is 1. The molecule has 104 valence electrons. The molecule has 0 unspecified atom stereocenters. The maximum absolute atomic E-state index is 11.3. The molecular formula is C14H14N2O4. The Balaban J connectivity index is 2.14. The summed E-state index contributed by atoms with van der Waals surface area (Å²) < 4.78 is 0. The molecule has 1 aliphatic rings. The van der Waals surface area contributed by atoms with Crippen molar-refractivity contribution in [2.24, 2.45) is 0 Å². The van der Waals surface area contributed by atoms with E-state index in [1.54, 1.807) is 17.0 Å². The lowest BCUT2D eigenvalue weighted by Crippen LogP contribution is -2.50. The third-order valence-electron chi connectivity index (χ3n) is 2.87. The molecule has 1 saturated heterocycles. The highest BCUT2D eigenvalue weighted by Gasteiger charge is 2.22. The molecule has 0 radical (unpaired) electrons. The minimum atomic E-state index is -1.02. The van der Waals surface area contributed by atoms with Gasteiger partial charge in [0.15, 0.2) is 0 Å². The van der Waals surface area contributed by atoms with E-state index in [1.807, 2.05) is 12.1 Å². The quantitative estimate of drug-likeness (QED) is 0.607. The summed E-state index contributed by atoms with van der Waals surface area (Å²) in [6, 6.07) is 7.28. The van der Waals surface area contributed by atoms with Crippen molar-refractivity contribution in [1.29, 1.82) is 0 Å². The van der Waals surface area contributed by atoms with Gasteiger partial charge in [0.2, 0.25) is 11.8 Å². The smallest absolute Gasteiger partial charge is 0.328 e. The van der Waals surface area contributed by atoms with Crippen molar-refractivity contribution in [1.82, 2.24) is 10.2 Å². The second-order valence-corrected chi connectivity index (χ2v) is 4.49. The van der Waals surface area contributed by atoms with E-state index in [0.717, 1.165) is 17.2 Å². The van der Waals surface area contributed by atoms with Gasteiger partial charge in [0.25, 0.3) is 0 Å². The molecule has 1 aromatic rings. The zero-order chi connectivity index (χ0) is 14.5. The predicted molar refractivity (Wildman–Crippen MR) is 71.5 cm³/mol. The van der Waals surface area contributed by atoms with E-state index < -0.39 is 5.97 Å². The Hall–Kier alpha value is -2.47. The van der Waals surface area contributed by atoms with Crippen molar-refractivity contribution in [2.75, 3.05) is 13.1 Å². The molecule has 0 saturated carbocycles. The van der Waals surface area contributed by atoms with Gasteiger partial charge in [-0.05, 0) is 17.2 Å². The fourth-order valence-electron chi connectivity index (χ4n) is 2.05. The van der Waals surface area contributed by atoms with Crippen LogP contribution in [0.5, 0.6) is 0 Å². The van der Waals surface area contributed by atoms with Crippen molar-refractivity contribution in [3.05, 3.63) is 41.5 Å². The normalized spacial score (nSPS) is 16.4. The Morgan fingerprint density at radius 3 is 2.55 bits per heavy atom. The van der Waals surface area contributed by atoms with Gasteiger partial charge in [0.05, 0.1) is 13.1 Å². The van der Waals surface area contributed by atoms with Crippen LogP contribution in [0, 0.1) is 0 Å². The first-order valence-electron chi connectivity index (χ1n) is 6.08. The third kappa shape index (κ3) is 3.76. The van der Waals surface area contributed by atoms with Gasteiger partial charge in [-0.15, -0.1) is 0 Å². The minimum absolute atomic E-state index is 0.155. The Bertz CT molecular complexity index is 564. The number of hydrogen-bond donors (Lipinski definition) is 2. The third-order valence-corrected chi connectivity index (χ3v) is 2.87. The van der Waals surface area contributed by atoms with Crippen LogP contribution in [0.3, 0.4) is 0 Å². The van der Waals surface area contributed by atoms with Crippen molar-refractivity contribution in [2.45, 2.75) is 6.54 Å². The molecule has 2 N–H and O–H groups in total. The highest BCUT2D eigenvalue weighted by atomic mass is 16.4. The maximum Gasteiger partial charge on any atom is 0.328 e. The zero-order valence-electron chi connectivity index (χ0n) is 10.7. The van der Waals surface area contributed by atoms with Gasteiger partial charge in [0.1, 0.15) is 0 Å². The first-order valence-corrected chi connectivity index (χ1v) is 6.08. The Kier molecular flexibility index (Phi) is 4.27. The van der Waals surface area contributed by atoms with E-state index in [0.29, 0.717) is 6.54 Å². The lowest BCUT2D eigenvalue weighted by Gasteiger charge is -2.25. The number of nitrogens with one attached hydrogen (secondary N) is 1. The lowest BCUT2D eigenvalue weighted by molar-refractivity contribution is -0.136. The lowest BCUT2D eigenvalue weighted by atomic mass is 10.1. The zero-order valence-corrected chi connectivity index (χ0v) is 10.7. The molecule has 6 nitrogen and oxygen atoms in total. The van der Waals surface area contributed by atoms with Gasteiger partial charge >= 0.3 is 5.97 Å². The number of carboxylic acid groups (broad SMARTS) is 1. The number of nitrogens with zero attached hydrogens (tertiary/aromatic N) is 1. The van der Waals surface area contributed by atoms with Crippen LogP contribution in [0.2, 0.25) is 0 Å². The predicted octanol–water partition coefficient (Wildman–Crippen LogP) is 0.243. The topological polar surface area (TPSA) is 86.7 Å². The van der Waals surface area contributed by atoms with Crippen LogP contribution in [-0.4, -0.2) is 40.9 Å². The fraction of sp³-hybridized carbons (Fsp3) is 0.214. The van der Waals surface area contributed by atoms with Crippen LogP contribution in [0.15, 0.2) is 30.3 Å². The molecule has 6 heteroatoms. The van der Waals surface area contributed by atoms with Crippen LogP contribution >= 0.6 is 0 Å². The van der Waals surface area contributed by atoms with Gasteiger partial charge in [-0.2, -0.15) is 0 Å². The van der Waals surface area contributed by atoms with Crippen LogP contribution < -0.4 is 5.32 Å². The SMILES string of the molecule is O=C(O)C=Cc1ccccc1CN1CC(=O)NC(=O)C1. The highest BCUT2D eigenvalue weighted by molar-refractivity contribution is 5.99. The van der Waals surface area contributed by atoms with Gasteiger partial charge in [0, 0.05) is 12.6 Å². The van der Waals surface area contributed by atoms with Crippen LogP contribution in [-0.2, 0) is 20.9 Å². The average molecular weight is 274 g/mol. The van der Waals surface area contributed by atoms with Crippen molar-refractivity contribution < 1.29 is 19.5 Å². The second kappa shape index (κ2) is 6.12. The van der Waals surface area contributed by atoms with Gasteiger partial charge < -0.3 is 5.11 Å². The first kappa shape index (κ1) is 14.0. The van der Waals surface area contributed by atoms with Gasteiger partial charge in [-0.3, -0.25) is 19.8 Å². The minimum Gasteiger partial charge on any atom is -0.478 e. The van der Waals surface area contributed by atoms with E-state index in [2.05, 4.69) is 5.32 Å². The number of benzene rings is 1. The molecule has 1 heterocycles. The molecule has 1 aromatic carbocycles. The maximum atomic E-state index is 11.3. The summed E-state index contributed by atoms with van der Waals surface area (Å²) in [5.41, 5.74) is 1.63. The summed E-state index contributed by atoms with van der Waals surface area (Å²) in [6.45, 7) is 0.727. The fourth-order valence-corrected chi connectivity index (χ4v) is 2.05. The number of hydrogen-bond acceptors (Lipinski definition) is 4. The van der Waals surface area contributed by atoms with Crippen molar-refractivity contribution in [3.63, 3.8) is 0 Å². The molecule has 20 heavy (non-hydrogen) atoms. The van der Waals surface area contributed by atoms with E-state index in [4.69, 9.17) is 5.11 Å². The number of rotatable bonds is 4. The highest BCUT2D eigenvalue weighted by Crippen LogP contribution is 2.14. The molecule has 0 spiro atoms. The molecule has 0 bridgehead atoms. The Morgan fingerprint density at radius 1 is 1.25 bits per heavy atom. The van der Waals surface area contributed by atoms with E-state index in [9.17, 15) is 14.4 Å². The molecular weight excluding hydrogens is 260 g/mol. The summed E-state index contributed by atoms with van der Waals surface area (Å²) in [7, 11) is 0.